The molecule has 0 saturated heterocycles. The standard InChI is InChI=1S/C27H16N2S/c1-2-7-17(8-3-1)29-23-11-5-4-9-18(23)22-15-21-19-13-14-28-16-25(19)30-24-12-6-10-20(26(21)24)27(22)29/h1-16H. The van der Waals surface area contributed by atoms with Gasteiger partial charge in [-0.05, 0) is 47.5 Å². The van der Waals surface area contributed by atoms with Crippen LogP contribution in [0.4, 0.5) is 0 Å². The van der Waals surface area contributed by atoms with E-state index in [4.69, 9.17) is 0 Å². The van der Waals surface area contributed by atoms with Crippen molar-refractivity contribution in [1.82, 2.24) is 9.55 Å². The van der Waals surface area contributed by atoms with Gasteiger partial charge in [-0.25, -0.2) is 0 Å². The molecule has 2 aromatic heterocycles. The lowest BCUT2D eigenvalue weighted by molar-refractivity contribution is 1.18. The number of fused-ring (bicyclic) bond motifs is 6. The van der Waals surface area contributed by atoms with Crippen LogP contribution >= 0.6 is 11.8 Å². The van der Waals surface area contributed by atoms with Crippen LogP contribution in [0.25, 0.3) is 49.4 Å². The highest BCUT2D eigenvalue weighted by molar-refractivity contribution is 7.99. The van der Waals surface area contributed by atoms with Gasteiger partial charge < -0.3 is 4.57 Å². The first kappa shape index (κ1) is 16.3. The SMILES string of the molecule is c1ccc(-n2c3ccccc3c3cc4c5c(cccc5c32)Sc2cnccc2-4)cc1. The summed E-state index contributed by atoms with van der Waals surface area (Å²) in [7, 11) is 0. The number of aromatic nitrogens is 2. The molecule has 2 nitrogen and oxygen atoms in total. The molecule has 0 fully saturated rings. The Balaban J connectivity index is 1.76. The minimum Gasteiger partial charge on any atom is -0.309 e. The van der Waals surface area contributed by atoms with Gasteiger partial charge in [0.25, 0.3) is 0 Å². The summed E-state index contributed by atoms with van der Waals surface area (Å²) in [6.45, 7) is 0. The molecule has 3 heteroatoms. The van der Waals surface area contributed by atoms with Gasteiger partial charge in [-0.1, -0.05) is 60.3 Å². The smallest absolute Gasteiger partial charge is 0.0620 e. The fourth-order valence-corrected chi connectivity index (χ4v) is 5.95. The third-order valence-electron chi connectivity index (χ3n) is 6.06. The predicted molar refractivity (Wildman–Crippen MR) is 126 cm³/mol. The van der Waals surface area contributed by atoms with E-state index in [1.54, 1.807) is 0 Å². The summed E-state index contributed by atoms with van der Waals surface area (Å²) in [5.74, 6) is 0. The van der Waals surface area contributed by atoms with E-state index in [9.17, 15) is 0 Å². The summed E-state index contributed by atoms with van der Waals surface area (Å²) in [5, 5.41) is 5.22. The average molecular weight is 401 g/mol. The number of hydrogen-bond acceptors (Lipinski definition) is 2. The Hall–Kier alpha value is -3.56. The van der Waals surface area contributed by atoms with Crippen molar-refractivity contribution < 1.29 is 0 Å². The molecule has 7 rings (SSSR count). The minimum atomic E-state index is 1.19. The van der Waals surface area contributed by atoms with Crippen LogP contribution in [-0.2, 0) is 0 Å². The van der Waals surface area contributed by atoms with Gasteiger partial charge in [0.15, 0.2) is 0 Å². The Labute approximate surface area is 177 Å². The second-order valence-electron chi connectivity index (χ2n) is 7.66. The first-order valence-corrected chi connectivity index (χ1v) is 10.9. The zero-order chi connectivity index (χ0) is 19.7. The van der Waals surface area contributed by atoms with E-state index in [1.165, 1.54) is 59.2 Å². The van der Waals surface area contributed by atoms with E-state index >= 15 is 0 Å². The molecule has 6 aromatic rings. The van der Waals surface area contributed by atoms with Crippen LogP contribution in [0, 0.1) is 0 Å². The van der Waals surface area contributed by atoms with Gasteiger partial charge in [0.05, 0.1) is 11.0 Å². The number of nitrogens with zero attached hydrogens (tertiary/aromatic N) is 2. The molecular formula is C27H16N2S. The van der Waals surface area contributed by atoms with Crippen molar-refractivity contribution in [2.24, 2.45) is 0 Å². The lowest BCUT2D eigenvalue weighted by atomic mass is 9.95. The molecule has 0 bridgehead atoms. The van der Waals surface area contributed by atoms with Crippen molar-refractivity contribution in [3.63, 3.8) is 0 Å². The predicted octanol–water partition coefficient (Wildman–Crippen LogP) is 7.46. The number of hydrogen-bond donors (Lipinski definition) is 0. The lowest BCUT2D eigenvalue weighted by Gasteiger charge is -2.21. The summed E-state index contributed by atoms with van der Waals surface area (Å²) in [6, 6.07) is 30.6. The number of para-hydroxylation sites is 2. The first-order chi connectivity index (χ1) is 14.9. The summed E-state index contributed by atoms with van der Waals surface area (Å²) >= 11 is 1.82. The maximum absolute atomic E-state index is 4.37. The molecule has 30 heavy (non-hydrogen) atoms. The van der Waals surface area contributed by atoms with Crippen LogP contribution in [0.15, 0.2) is 107 Å². The summed E-state index contributed by atoms with van der Waals surface area (Å²) in [4.78, 5) is 6.89. The van der Waals surface area contributed by atoms with Gasteiger partial charge in [-0.3, -0.25) is 4.98 Å². The highest BCUT2D eigenvalue weighted by Gasteiger charge is 2.23. The minimum absolute atomic E-state index is 1.19. The Kier molecular flexibility index (Phi) is 3.24. The van der Waals surface area contributed by atoms with Gasteiger partial charge in [0.1, 0.15) is 0 Å². The molecule has 0 aliphatic carbocycles. The quantitative estimate of drug-likeness (QED) is 0.284. The van der Waals surface area contributed by atoms with E-state index in [1.807, 2.05) is 24.2 Å². The van der Waals surface area contributed by atoms with Crippen molar-refractivity contribution in [2.45, 2.75) is 9.79 Å². The van der Waals surface area contributed by atoms with Crippen molar-refractivity contribution in [1.29, 1.82) is 0 Å². The molecule has 3 heterocycles. The third kappa shape index (κ3) is 2.08. The lowest BCUT2D eigenvalue weighted by Crippen LogP contribution is -1.97. The Morgan fingerprint density at radius 3 is 2.43 bits per heavy atom. The fraction of sp³-hybridized carbons (Fsp3) is 0. The largest absolute Gasteiger partial charge is 0.309 e. The molecule has 0 amide bonds. The molecule has 0 N–H and O–H groups in total. The van der Waals surface area contributed by atoms with Crippen molar-refractivity contribution in [3.05, 3.63) is 97.3 Å². The zero-order valence-corrected chi connectivity index (χ0v) is 16.9. The van der Waals surface area contributed by atoms with Crippen LogP contribution in [0.3, 0.4) is 0 Å². The second kappa shape index (κ2) is 5.97. The summed E-state index contributed by atoms with van der Waals surface area (Å²) in [6.07, 6.45) is 3.88. The Morgan fingerprint density at radius 2 is 1.50 bits per heavy atom. The van der Waals surface area contributed by atoms with E-state index < -0.39 is 0 Å². The monoisotopic (exact) mass is 400 g/mol. The van der Waals surface area contributed by atoms with Crippen LogP contribution < -0.4 is 0 Å². The maximum atomic E-state index is 4.37. The van der Waals surface area contributed by atoms with Gasteiger partial charge in [0.2, 0.25) is 0 Å². The van der Waals surface area contributed by atoms with Crippen LogP contribution in [0.1, 0.15) is 0 Å². The normalized spacial score (nSPS) is 12.5. The highest BCUT2D eigenvalue weighted by atomic mass is 32.2. The number of rotatable bonds is 1. The molecule has 0 radical (unpaired) electrons. The van der Waals surface area contributed by atoms with E-state index in [0.717, 1.165) is 0 Å². The van der Waals surface area contributed by atoms with Crippen molar-refractivity contribution >= 4 is 44.3 Å². The topological polar surface area (TPSA) is 17.8 Å². The van der Waals surface area contributed by atoms with E-state index in [0.29, 0.717) is 0 Å². The molecule has 0 unspecified atom stereocenters. The molecule has 0 atom stereocenters. The zero-order valence-electron chi connectivity index (χ0n) is 16.0. The van der Waals surface area contributed by atoms with Crippen LogP contribution in [0.2, 0.25) is 0 Å². The van der Waals surface area contributed by atoms with Gasteiger partial charge in [-0.15, -0.1) is 0 Å². The Morgan fingerprint density at radius 1 is 0.667 bits per heavy atom. The van der Waals surface area contributed by atoms with E-state index in [-0.39, 0.29) is 0 Å². The molecule has 4 aromatic carbocycles. The fourth-order valence-electron chi connectivity index (χ4n) is 4.84. The average Bonchev–Trinajstić information content (AvgIpc) is 3.14. The maximum Gasteiger partial charge on any atom is 0.0620 e. The molecule has 1 aliphatic heterocycles. The Bertz CT molecular complexity index is 1610. The van der Waals surface area contributed by atoms with Gasteiger partial charge in [-0.2, -0.15) is 0 Å². The molecule has 0 saturated carbocycles. The molecular weight excluding hydrogens is 384 g/mol. The molecule has 140 valence electrons. The van der Waals surface area contributed by atoms with Gasteiger partial charge >= 0.3 is 0 Å². The first-order valence-electron chi connectivity index (χ1n) is 10.1. The molecule has 1 aliphatic rings. The van der Waals surface area contributed by atoms with Crippen molar-refractivity contribution in [3.8, 4) is 16.8 Å². The van der Waals surface area contributed by atoms with Crippen molar-refractivity contribution in [2.75, 3.05) is 0 Å². The second-order valence-corrected chi connectivity index (χ2v) is 8.74. The van der Waals surface area contributed by atoms with Crippen LogP contribution in [-0.4, -0.2) is 9.55 Å². The summed E-state index contributed by atoms with van der Waals surface area (Å²) < 4.78 is 2.42. The summed E-state index contributed by atoms with van der Waals surface area (Å²) in [5.41, 5.74) is 6.29. The van der Waals surface area contributed by atoms with E-state index in [2.05, 4.69) is 94.5 Å². The third-order valence-corrected chi connectivity index (χ3v) is 7.17. The van der Waals surface area contributed by atoms with Gasteiger partial charge in [0, 0.05) is 49.4 Å². The van der Waals surface area contributed by atoms with Crippen LogP contribution in [0.5, 0.6) is 0 Å². The highest BCUT2D eigenvalue weighted by Crippen LogP contribution is 2.50. The molecule has 0 spiro atoms. The number of benzene rings is 4. The number of pyridine rings is 1.